The standard InChI is InChI=1S/C24H23ClN4O4S/c1-29(15-23-27-19-5-3-4-6-20(19)28-23)24(30)17-9-12-21(33-2)22(13-17)34(31,32)26-14-16-7-10-18(25)11-8-16/h3-13,26H,14-15H2,1-2H3,(H,27,28). The van der Waals surface area contributed by atoms with Gasteiger partial charge >= 0.3 is 0 Å². The molecule has 1 amide bonds. The molecule has 8 nitrogen and oxygen atoms in total. The van der Waals surface area contributed by atoms with E-state index in [4.69, 9.17) is 16.3 Å². The van der Waals surface area contributed by atoms with Gasteiger partial charge in [-0.2, -0.15) is 0 Å². The lowest BCUT2D eigenvalue weighted by molar-refractivity contribution is 0.0781. The van der Waals surface area contributed by atoms with E-state index in [0.717, 1.165) is 16.6 Å². The van der Waals surface area contributed by atoms with Crippen LogP contribution in [0, 0.1) is 0 Å². The summed E-state index contributed by atoms with van der Waals surface area (Å²) in [4.78, 5) is 22.1. The van der Waals surface area contributed by atoms with Gasteiger partial charge in [0.25, 0.3) is 5.91 Å². The lowest BCUT2D eigenvalue weighted by Gasteiger charge is -2.17. The Morgan fingerprint density at radius 2 is 1.85 bits per heavy atom. The van der Waals surface area contributed by atoms with Crippen LogP contribution in [0.2, 0.25) is 5.02 Å². The molecule has 4 rings (SSSR count). The van der Waals surface area contributed by atoms with Gasteiger partial charge in [-0.05, 0) is 48.0 Å². The molecule has 3 aromatic carbocycles. The first-order valence-corrected chi connectivity index (χ1v) is 12.2. The van der Waals surface area contributed by atoms with E-state index in [2.05, 4.69) is 14.7 Å². The number of para-hydroxylation sites is 2. The molecule has 1 aromatic heterocycles. The molecule has 0 aliphatic heterocycles. The van der Waals surface area contributed by atoms with Gasteiger partial charge in [0, 0.05) is 24.2 Å². The van der Waals surface area contributed by atoms with Crippen molar-refractivity contribution in [3.05, 3.63) is 88.7 Å². The maximum absolute atomic E-state index is 13.1. The van der Waals surface area contributed by atoms with Gasteiger partial charge in [-0.1, -0.05) is 35.9 Å². The van der Waals surface area contributed by atoms with Crippen LogP contribution in [0.1, 0.15) is 21.7 Å². The van der Waals surface area contributed by atoms with Gasteiger partial charge in [0.2, 0.25) is 10.0 Å². The average Bonchev–Trinajstić information content (AvgIpc) is 3.25. The summed E-state index contributed by atoms with van der Waals surface area (Å²) < 4.78 is 33.9. The van der Waals surface area contributed by atoms with Crippen molar-refractivity contribution in [2.75, 3.05) is 14.2 Å². The number of aromatic nitrogens is 2. The summed E-state index contributed by atoms with van der Waals surface area (Å²) in [5, 5.41) is 0.561. The van der Waals surface area contributed by atoms with Crippen molar-refractivity contribution in [1.82, 2.24) is 19.6 Å². The van der Waals surface area contributed by atoms with Crippen LogP contribution in [0.3, 0.4) is 0 Å². The van der Waals surface area contributed by atoms with Crippen molar-refractivity contribution in [2.24, 2.45) is 0 Å². The predicted octanol–water partition coefficient (Wildman–Crippen LogP) is 3.98. The second-order valence-corrected chi connectivity index (χ2v) is 9.85. The maximum atomic E-state index is 13.1. The molecule has 0 fully saturated rings. The Morgan fingerprint density at radius 3 is 2.56 bits per heavy atom. The predicted molar refractivity (Wildman–Crippen MR) is 130 cm³/mol. The highest BCUT2D eigenvalue weighted by molar-refractivity contribution is 7.89. The van der Waals surface area contributed by atoms with Crippen molar-refractivity contribution in [2.45, 2.75) is 18.0 Å². The Balaban J connectivity index is 1.54. The monoisotopic (exact) mass is 498 g/mol. The minimum atomic E-state index is -3.97. The van der Waals surface area contributed by atoms with Gasteiger partial charge in [-0.15, -0.1) is 0 Å². The van der Waals surface area contributed by atoms with Crippen LogP contribution >= 0.6 is 11.6 Å². The van der Waals surface area contributed by atoms with Gasteiger partial charge in [0.15, 0.2) is 0 Å². The number of amides is 1. The number of halogens is 1. The first kappa shape index (κ1) is 23.7. The molecule has 0 aliphatic carbocycles. The van der Waals surface area contributed by atoms with Crippen molar-refractivity contribution in [3.63, 3.8) is 0 Å². The lowest BCUT2D eigenvalue weighted by Crippen LogP contribution is -2.28. The molecule has 0 saturated carbocycles. The number of hydrogen-bond donors (Lipinski definition) is 2. The van der Waals surface area contributed by atoms with Crippen molar-refractivity contribution in [3.8, 4) is 5.75 Å². The third-order valence-corrected chi connectivity index (χ3v) is 6.93. The summed E-state index contributed by atoms with van der Waals surface area (Å²) in [6.07, 6.45) is 0. The number of methoxy groups -OCH3 is 1. The topological polar surface area (TPSA) is 104 Å². The Bertz CT molecular complexity index is 1400. The molecule has 0 bridgehead atoms. The van der Waals surface area contributed by atoms with Crippen LogP contribution in [0.25, 0.3) is 11.0 Å². The highest BCUT2D eigenvalue weighted by Crippen LogP contribution is 2.26. The fourth-order valence-electron chi connectivity index (χ4n) is 3.48. The number of sulfonamides is 1. The zero-order chi connectivity index (χ0) is 24.3. The van der Waals surface area contributed by atoms with Crippen LogP contribution < -0.4 is 9.46 Å². The molecular formula is C24H23ClN4O4S. The van der Waals surface area contributed by atoms with Crippen LogP contribution in [0.4, 0.5) is 0 Å². The zero-order valence-electron chi connectivity index (χ0n) is 18.6. The highest BCUT2D eigenvalue weighted by atomic mass is 35.5. The SMILES string of the molecule is COc1ccc(C(=O)N(C)Cc2nc3ccccc3[nH]2)cc1S(=O)(=O)NCc1ccc(Cl)cc1. The molecule has 0 unspecified atom stereocenters. The van der Waals surface area contributed by atoms with Crippen LogP contribution in [0.15, 0.2) is 71.6 Å². The molecule has 34 heavy (non-hydrogen) atoms. The molecule has 0 atom stereocenters. The van der Waals surface area contributed by atoms with Gasteiger partial charge in [-0.25, -0.2) is 18.1 Å². The average molecular weight is 499 g/mol. The van der Waals surface area contributed by atoms with E-state index >= 15 is 0 Å². The summed E-state index contributed by atoms with van der Waals surface area (Å²) in [5.41, 5.74) is 2.64. The molecule has 0 aliphatic rings. The van der Waals surface area contributed by atoms with E-state index < -0.39 is 10.0 Å². The zero-order valence-corrected chi connectivity index (χ0v) is 20.2. The minimum Gasteiger partial charge on any atom is -0.495 e. The van der Waals surface area contributed by atoms with E-state index in [1.165, 1.54) is 30.2 Å². The minimum absolute atomic E-state index is 0.0623. The second-order valence-electron chi connectivity index (χ2n) is 7.68. The van der Waals surface area contributed by atoms with Crippen LogP contribution in [-0.2, 0) is 23.1 Å². The molecule has 10 heteroatoms. The molecule has 0 radical (unpaired) electrons. The summed E-state index contributed by atoms with van der Waals surface area (Å²) in [7, 11) is -0.957. The number of rotatable bonds is 8. The molecule has 0 spiro atoms. The van der Waals surface area contributed by atoms with E-state index in [1.54, 1.807) is 31.3 Å². The first-order chi connectivity index (χ1) is 16.3. The molecule has 2 N–H and O–H groups in total. The van der Waals surface area contributed by atoms with Gasteiger partial charge in [-0.3, -0.25) is 4.79 Å². The number of aromatic amines is 1. The lowest BCUT2D eigenvalue weighted by atomic mass is 10.2. The first-order valence-electron chi connectivity index (χ1n) is 10.4. The molecule has 1 heterocycles. The number of carbonyl (C=O) groups is 1. The van der Waals surface area contributed by atoms with Crippen molar-refractivity contribution in [1.29, 1.82) is 0 Å². The molecule has 176 valence electrons. The van der Waals surface area contributed by atoms with Crippen LogP contribution in [-0.4, -0.2) is 43.4 Å². The van der Waals surface area contributed by atoms with Crippen LogP contribution in [0.5, 0.6) is 5.75 Å². The number of fused-ring (bicyclic) bond motifs is 1. The smallest absolute Gasteiger partial charge is 0.254 e. The van der Waals surface area contributed by atoms with E-state index in [-0.39, 0.29) is 35.2 Å². The third kappa shape index (κ3) is 5.22. The molecule has 4 aromatic rings. The normalized spacial score (nSPS) is 11.5. The number of carbonyl (C=O) groups excluding carboxylic acids is 1. The van der Waals surface area contributed by atoms with Crippen molar-refractivity contribution < 1.29 is 17.9 Å². The van der Waals surface area contributed by atoms with Gasteiger partial charge < -0.3 is 14.6 Å². The summed E-state index contributed by atoms with van der Waals surface area (Å²) in [6.45, 7) is 0.295. The fraction of sp³-hybridized carbons (Fsp3) is 0.167. The number of imidazole rings is 1. The number of nitrogens with zero attached hydrogens (tertiary/aromatic N) is 2. The van der Waals surface area contributed by atoms with Crippen molar-refractivity contribution >= 4 is 38.6 Å². The third-order valence-electron chi connectivity index (χ3n) is 5.25. The van der Waals surface area contributed by atoms with E-state index in [9.17, 15) is 13.2 Å². The number of H-pyrrole nitrogens is 1. The Morgan fingerprint density at radius 1 is 1.12 bits per heavy atom. The number of nitrogens with one attached hydrogen (secondary N) is 2. The molecule has 0 saturated heterocycles. The summed E-state index contributed by atoms with van der Waals surface area (Å²) in [6, 6.07) is 18.7. The van der Waals surface area contributed by atoms with Gasteiger partial charge in [0.1, 0.15) is 16.5 Å². The van der Waals surface area contributed by atoms with E-state index in [0.29, 0.717) is 10.8 Å². The van der Waals surface area contributed by atoms with E-state index in [1.807, 2.05) is 24.3 Å². The Hall–Kier alpha value is -3.40. The van der Waals surface area contributed by atoms with Gasteiger partial charge in [0.05, 0.1) is 24.7 Å². The largest absolute Gasteiger partial charge is 0.495 e. The number of ether oxygens (including phenoxy) is 1. The maximum Gasteiger partial charge on any atom is 0.254 e. The number of benzene rings is 3. The summed E-state index contributed by atoms with van der Waals surface area (Å²) in [5.74, 6) is 0.417. The quantitative estimate of drug-likeness (QED) is 0.382. The number of hydrogen-bond acceptors (Lipinski definition) is 5. The summed E-state index contributed by atoms with van der Waals surface area (Å²) >= 11 is 5.88. The fourth-order valence-corrected chi connectivity index (χ4v) is 4.81. The Labute approximate surface area is 202 Å². The Kier molecular flexibility index (Phi) is 6.87. The molecular weight excluding hydrogens is 476 g/mol. The highest BCUT2D eigenvalue weighted by Gasteiger charge is 2.23. The second kappa shape index (κ2) is 9.84.